The van der Waals surface area contributed by atoms with E-state index in [1.807, 2.05) is 0 Å². The Labute approximate surface area is 107 Å². The quantitative estimate of drug-likeness (QED) is 0.671. The first kappa shape index (κ1) is 13.2. The maximum absolute atomic E-state index is 11.8. The highest BCUT2D eigenvalue weighted by Gasteiger charge is 2.25. The molecule has 1 saturated heterocycles. The molecule has 1 aliphatic heterocycles. The molecule has 18 heavy (non-hydrogen) atoms. The average Bonchev–Trinajstić information content (AvgIpc) is 2.87. The van der Waals surface area contributed by atoms with E-state index < -0.39 is 16.0 Å². The van der Waals surface area contributed by atoms with Gasteiger partial charge in [-0.15, -0.1) is 11.3 Å². The van der Waals surface area contributed by atoms with Crippen LogP contribution in [0.15, 0.2) is 5.51 Å². The van der Waals surface area contributed by atoms with E-state index in [1.165, 1.54) is 5.51 Å². The summed E-state index contributed by atoms with van der Waals surface area (Å²) in [5, 5.41) is 11.7. The number of ether oxygens (including phenoxy) is 1. The van der Waals surface area contributed by atoms with Gasteiger partial charge in [-0.1, -0.05) is 0 Å². The Hall–Kier alpha value is -1.23. The third kappa shape index (κ3) is 3.16. The van der Waals surface area contributed by atoms with Crippen molar-refractivity contribution in [1.29, 1.82) is 0 Å². The zero-order valence-corrected chi connectivity index (χ0v) is 10.8. The molecule has 1 aromatic heterocycles. The van der Waals surface area contributed by atoms with Crippen molar-refractivity contribution >= 4 is 32.3 Å². The molecule has 0 aliphatic carbocycles. The summed E-state index contributed by atoms with van der Waals surface area (Å²) < 4.78 is 30.8. The van der Waals surface area contributed by atoms with E-state index in [2.05, 4.69) is 15.0 Å². The van der Waals surface area contributed by atoms with Crippen LogP contribution in [0, 0.1) is 0 Å². The number of aromatic nitrogens is 1. The largest absolute Gasteiger partial charge is 0.476 e. The van der Waals surface area contributed by atoms with Crippen molar-refractivity contribution < 1.29 is 23.1 Å². The molecule has 8 nitrogen and oxygen atoms in total. The fourth-order valence-corrected chi connectivity index (χ4v) is 3.76. The maximum Gasteiger partial charge on any atom is 0.357 e. The Kier molecular flexibility index (Phi) is 3.80. The topological polar surface area (TPSA) is 118 Å². The summed E-state index contributed by atoms with van der Waals surface area (Å²) in [7, 11) is -3.63. The predicted octanol–water partition coefficient (Wildman–Crippen LogP) is -0.471. The van der Waals surface area contributed by atoms with Crippen LogP contribution >= 0.6 is 11.3 Å². The SMILES string of the molecule is O=C(O)c1ncsc1NS(=O)(=O)CC1COCN1. The first-order valence-corrected chi connectivity index (χ1v) is 7.49. The lowest BCUT2D eigenvalue weighted by molar-refractivity contribution is 0.0692. The first-order valence-electron chi connectivity index (χ1n) is 4.96. The van der Waals surface area contributed by atoms with Crippen molar-refractivity contribution in [3.05, 3.63) is 11.2 Å². The molecule has 0 spiro atoms. The smallest absolute Gasteiger partial charge is 0.357 e. The van der Waals surface area contributed by atoms with Crippen LogP contribution in [0.4, 0.5) is 5.00 Å². The second-order valence-electron chi connectivity index (χ2n) is 3.63. The highest BCUT2D eigenvalue weighted by atomic mass is 32.2. The fourth-order valence-electron chi connectivity index (χ4n) is 1.46. The van der Waals surface area contributed by atoms with Crippen molar-refractivity contribution in [1.82, 2.24) is 10.3 Å². The monoisotopic (exact) mass is 293 g/mol. The van der Waals surface area contributed by atoms with Crippen LogP contribution in [-0.2, 0) is 14.8 Å². The number of carbonyl (C=O) groups is 1. The molecule has 3 N–H and O–H groups in total. The van der Waals surface area contributed by atoms with Gasteiger partial charge in [0, 0.05) is 6.04 Å². The van der Waals surface area contributed by atoms with E-state index in [0.29, 0.717) is 13.3 Å². The van der Waals surface area contributed by atoms with E-state index in [9.17, 15) is 13.2 Å². The second kappa shape index (κ2) is 5.18. The van der Waals surface area contributed by atoms with Gasteiger partial charge in [-0.25, -0.2) is 18.2 Å². The van der Waals surface area contributed by atoms with E-state index in [1.54, 1.807) is 0 Å². The van der Waals surface area contributed by atoms with Gasteiger partial charge in [0.1, 0.15) is 5.00 Å². The Morgan fingerprint density at radius 1 is 1.72 bits per heavy atom. The third-order valence-corrected chi connectivity index (χ3v) is 4.46. The van der Waals surface area contributed by atoms with Crippen molar-refractivity contribution in [2.24, 2.45) is 0 Å². The maximum atomic E-state index is 11.8. The van der Waals surface area contributed by atoms with Gasteiger partial charge in [0.2, 0.25) is 10.0 Å². The number of carboxylic acids is 1. The van der Waals surface area contributed by atoms with Gasteiger partial charge < -0.3 is 9.84 Å². The Balaban J connectivity index is 2.07. The third-order valence-electron chi connectivity index (χ3n) is 2.23. The minimum absolute atomic E-state index is 0.0152. The minimum atomic E-state index is -3.63. The number of aromatic carboxylic acids is 1. The van der Waals surface area contributed by atoms with E-state index in [0.717, 1.165) is 11.3 Å². The van der Waals surface area contributed by atoms with Crippen LogP contribution in [-0.4, -0.2) is 49.6 Å². The number of sulfonamides is 1. The summed E-state index contributed by atoms with van der Waals surface area (Å²) in [5.74, 6) is -1.44. The molecule has 0 bridgehead atoms. The number of hydrogen-bond donors (Lipinski definition) is 3. The van der Waals surface area contributed by atoms with Gasteiger partial charge >= 0.3 is 5.97 Å². The van der Waals surface area contributed by atoms with Crippen molar-refractivity contribution in [2.75, 3.05) is 23.8 Å². The van der Waals surface area contributed by atoms with Crippen molar-refractivity contribution in [3.63, 3.8) is 0 Å². The summed E-state index contributed by atoms with van der Waals surface area (Å²) in [4.78, 5) is 14.4. The van der Waals surface area contributed by atoms with Gasteiger partial charge in [0.15, 0.2) is 5.69 Å². The van der Waals surface area contributed by atoms with Crippen LogP contribution in [0.5, 0.6) is 0 Å². The molecule has 100 valence electrons. The van der Waals surface area contributed by atoms with Gasteiger partial charge in [-0.2, -0.15) is 0 Å². The standard InChI is InChI=1S/C8H11N3O5S2/c12-8(13)6-7(17-4-10-6)11-18(14,15)2-5-1-16-3-9-5/h4-5,9,11H,1-3H2,(H,12,13). The molecule has 0 amide bonds. The lowest BCUT2D eigenvalue weighted by Gasteiger charge is -2.10. The molecule has 0 aromatic carbocycles. The lowest BCUT2D eigenvalue weighted by Crippen LogP contribution is -2.34. The van der Waals surface area contributed by atoms with E-state index >= 15 is 0 Å². The number of thiazole rings is 1. The van der Waals surface area contributed by atoms with Crippen LogP contribution in [0.25, 0.3) is 0 Å². The number of hydrogen-bond acceptors (Lipinski definition) is 7. The van der Waals surface area contributed by atoms with Gasteiger partial charge in [0.05, 0.1) is 24.6 Å². The predicted molar refractivity (Wildman–Crippen MR) is 64.2 cm³/mol. The van der Waals surface area contributed by atoms with E-state index in [4.69, 9.17) is 9.84 Å². The number of rotatable bonds is 5. The first-order chi connectivity index (χ1) is 8.48. The Morgan fingerprint density at radius 2 is 2.50 bits per heavy atom. The normalized spacial score (nSPS) is 19.9. The van der Waals surface area contributed by atoms with Crippen LogP contribution in [0.3, 0.4) is 0 Å². The molecule has 10 heteroatoms. The zero-order valence-electron chi connectivity index (χ0n) is 9.12. The summed E-state index contributed by atoms with van der Waals surface area (Å²) >= 11 is 0.929. The number of nitrogens with zero attached hydrogens (tertiary/aromatic N) is 1. The lowest BCUT2D eigenvalue weighted by atomic mass is 10.4. The molecule has 1 fully saturated rings. The molecule has 0 radical (unpaired) electrons. The van der Waals surface area contributed by atoms with Crippen molar-refractivity contribution in [2.45, 2.75) is 6.04 Å². The number of carboxylic acid groups (broad SMARTS) is 1. The molecule has 1 aliphatic rings. The summed E-state index contributed by atoms with van der Waals surface area (Å²) in [6.45, 7) is 0.635. The van der Waals surface area contributed by atoms with Gasteiger partial charge in [-0.05, 0) is 0 Å². The summed E-state index contributed by atoms with van der Waals surface area (Å²) in [6, 6.07) is -0.288. The van der Waals surface area contributed by atoms with Gasteiger partial charge in [-0.3, -0.25) is 10.0 Å². The van der Waals surface area contributed by atoms with Crippen LogP contribution in [0.2, 0.25) is 0 Å². The molecule has 0 saturated carbocycles. The summed E-state index contributed by atoms with van der Waals surface area (Å²) in [6.07, 6.45) is 0. The molecular formula is C8H11N3O5S2. The Morgan fingerprint density at radius 3 is 3.11 bits per heavy atom. The van der Waals surface area contributed by atoms with Gasteiger partial charge in [0.25, 0.3) is 0 Å². The molecule has 1 unspecified atom stereocenters. The van der Waals surface area contributed by atoms with E-state index in [-0.39, 0.29) is 22.5 Å². The van der Waals surface area contributed by atoms with Crippen LogP contribution in [0.1, 0.15) is 10.5 Å². The van der Waals surface area contributed by atoms with Crippen LogP contribution < -0.4 is 10.0 Å². The minimum Gasteiger partial charge on any atom is -0.476 e. The number of nitrogens with one attached hydrogen (secondary N) is 2. The summed E-state index contributed by atoms with van der Waals surface area (Å²) in [5.41, 5.74) is 0.984. The fraction of sp³-hybridized carbons (Fsp3) is 0.500. The average molecular weight is 293 g/mol. The molecule has 1 aromatic rings. The zero-order chi connectivity index (χ0) is 13.2. The highest BCUT2D eigenvalue weighted by molar-refractivity contribution is 7.92. The molecular weight excluding hydrogens is 282 g/mol. The van der Waals surface area contributed by atoms with Crippen molar-refractivity contribution in [3.8, 4) is 0 Å². The molecule has 2 rings (SSSR count). The Bertz CT molecular complexity index is 535. The molecule has 1 atom stereocenters. The second-order valence-corrected chi connectivity index (χ2v) is 6.26. The number of anilines is 1. The highest BCUT2D eigenvalue weighted by Crippen LogP contribution is 2.21. The molecule has 2 heterocycles.